The summed E-state index contributed by atoms with van der Waals surface area (Å²) in [6, 6.07) is 7.96. The van der Waals surface area contributed by atoms with E-state index in [1.807, 2.05) is 0 Å². The average molecular weight is 275 g/mol. The first-order valence-electron chi connectivity index (χ1n) is 6.68. The molecule has 0 aromatic heterocycles. The molecule has 0 atom stereocenters. The van der Waals surface area contributed by atoms with Gasteiger partial charge in [0.2, 0.25) is 0 Å². The van der Waals surface area contributed by atoms with Crippen LogP contribution in [0.2, 0.25) is 0 Å². The summed E-state index contributed by atoms with van der Waals surface area (Å²) < 4.78 is 26.3. The molecular weight excluding hydrogens is 256 g/mol. The molecule has 0 radical (unpaired) electrons. The lowest BCUT2D eigenvalue weighted by molar-refractivity contribution is 0.560. The minimum atomic E-state index is -0.545. The Morgan fingerprint density at radius 1 is 0.900 bits per heavy atom. The van der Waals surface area contributed by atoms with E-state index in [-0.39, 0.29) is 0 Å². The van der Waals surface area contributed by atoms with Gasteiger partial charge < -0.3 is 5.32 Å². The Balaban J connectivity index is 2.03. The third kappa shape index (κ3) is 3.42. The van der Waals surface area contributed by atoms with Gasteiger partial charge in [0.05, 0.1) is 0 Å². The second kappa shape index (κ2) is 6.14. The van der Waals surface area contributed by atoms with Crippen molar-refractivity contribution in [1.29, 1.82) is 0 Å². The molecule has 2 aromatic rings. The van der Waals surface area contributed by atoms with E-state index in [0.717, 1.165) is 6.07 Å². The quantitative estimate of drug-likeness (QED) is 0.882. The van der Waals surface area contributed by atoms with E-state index in [2.05, 4.69) is 38.2 Å². The molecule has 0 fully saturated rings. The molecule has 0 saturated carbocycles. The van der Waals surface area contributed by atoms with Gasteiger partial charge in [0.25, 0.3) is 0 Å². The summed E-state index contributed by atoms with van der Waals surface area (Å²) in [5.74, 6) is -1.05. The molecule has 0 saturated heterocycles. The lowest BCUT2D eigenvalue weighted by Gasteiger charge is -2.12. The second-order valence-electron chi connectivity index (χ2n) is 5.22. The fourth-order valence-electron chi connectivity index (χ4n) is 2.48. The predicted octanol–water partition coefficient (Wildman–Crippen LogP) is 4.18. The van der Waals surface area contributed by atoms with E-state index in [0.29, 0.717) is 18.7 Å². The molecule has 0 spiro atoms. The van der Waals surface area contributed by atoms with Gasteiger partial charge in [0.1, 0.15) is 11.6 Å². The summed E-state index contributed by atoms with van der Waals surface area (Å²) in [6.45, 7) is 7.30. The zero-order valence-electron chi connectivity index (χ0n) is 12.1. The van der Waals surface area contributed by atoms with Gasteiger partial charge in [0.15, 0.2) is 0 Å². The minimum Gasteiger partial charge on any atom is -0.308 e. The van der Waals surface area contributed by atoms with Crippen LogP contribution in [0.3, 0.4) is 0 Å². The highest BCUT2D eigenvalue weighted by Gasteiger charge is 2.06. The monoisotopic (exact) mass is 275 g/mol. The third-order valence-corrected chi connectivity index (χ3v) is 3.47. The van der Waals surface area contributed by atoms with Crippen molar-refractivity contribution in [3.8, 4) is 0 Å². The summed E-state index contributed by atoms with van der Waals surface area (Å²) in [7, 11) is 0. The van der Waals surface area contributed by atoms with Gasteiger partial charge in [-0.25, -0.2) is 8.78 Å². The fraction of sp³-hybridized carbons (Fsp3) is 0.294. The van der Waals surface area contributed by atoms with Crippen LogP contribution in [0.25, 0.3) is 0 Å². The van der Waals surface area contributed by atoms with Crippen molar-refractivity contribution in [2.45, 2.75) is 33.9 Å². The Morgan fingerprint density at radius 3 is 2.15 bits per heavy atom. The van der Waals surface area contributed by atoms with Crippen molar-refractivity contribution in [2.75, 3.05) is 0 Å². The Morgan fingerprint density at radius 2 is 1.55 bits per heavy atom. The molecular formula is C17H19F2N. The molecule has 2 aromatic carbocycles. The Labute approximate surface area is 118 Å². The number of hydrogen-bond acceptors (Lipinski definition) is 1. The maximum absolute atomic E-state index is 13.5. The van der Waals surface area contributed by atoms with Gasteiger partial charge in [0, 0.05) is 24.7 Å². The van der Waals surface area contributed by atoms with E-state index >= 15 is 0 Å². The standard InChI is InChI=1S/C17H19F2N/c1-11-6-12(2)16(13(3)7-11)10-20-9-14-4-5-15(18)8-17(14)19/h4-8,20H,9-10H2,1-3H3. The maximum atomic E-state index is 13.5. The van der Waals surface area contributed by atoms with Gasteiger partial charge in [-0.3, -0.25) is 0 Å². The Bertz CT molecular complexity index is 597. The zero-order chi connectivity index (χ0) is 14.7. The van der Waals surface area contributed by atoms with E-state index in [1.165, 1.54) is 34.4 Å². The van der Waals surface area contributed by atoms with Gasteiger partial charge in [-0.15, -0.1) is 0 Å². The molecule has 0 aliphatic carbocycles. The molecule has 106 valence electrons. The largest absolute Gasteiger partial charge is 0.308 e. The molecule has 0 amide bonds. The molecule has 0 bridgehead atoms. The fourth-order valence-corrected chi connectivity index (χ4v) is 2.48. The van der Waals surface area contributed by atoms with Crippen LogP contribution >= 0.6 is 0 Å². The van der Waals surface area contributed by atoms with Crippen LogP contribution in [0.1, 0.15) is 27.8 Å². The summed E-state index contributed by atoms with van der Waals surface area (Å²) in [6.07, 6.45) is 0. The molecule has 0 aliphatic heterocycles. The summed E-state index contributed by atoms with van der Waals surface area (Å²) in [5, 5.41) is 3.22. The lowest BCUT2D eigenvalue weighted by Crippen LogP contribution is -2.15. The van der Waals surface area contributed by atoms with Crippen LogP contribution in [-0.4, -0.2) is 0 Å². The number of rotatable bonds is 4. The number of hydrogen-bond donors (Lipinski definition) is 1. The molecule has 0 heterocycles. The molecule has 1 nitrogen and oxygen atoms in total. The molecule has 3 heteroatoms. The number of halogens is 2. The van der Waals surface area contributed by atoms with E-state index < -0.39 is 11.6 Å². The van der Waals surface area contributed by atoms with E-state index in [4.69, 9.17) is 0 Å². The van der Waals surface area contributed by atoms with Crippen molar-refractivity contribution >= 4 is 0 Å². The van der Waals surface area contributed by atoms with Gasteiger partial charge in [-0.05, 0) is 43.5 Å². The molecule has 1 N–H and O–H groups in total. The van der Waals surface area contributed by atoms with Crippen LogP contribution in [0, 0.1) is 32.4 Å². The zero-order valence-corrected chi connectivity index (χ0v) is 12.1. The van der Waals surface area contributed by atoms with Crippen molar-refractivity contribution in [3.63, 3.8) is 0 Å². The highest BCUT2D eigenvalue weighted by Crippen LogP contribution is 2.16. The summed E-state index contributed by atoms with van der Waals surface area (Å²) >= 11 is 0. The molecule has 0 aliphatic rings. The van der Waals surface area contributed by atoms with Crippen molar-refractivity contribution in [2.24, 2.45) is 0 Å². The minimum absolute atomic E-state index is 0.388. The van der Waals surface area contributed by atoms with Crippen LogP contribution in [-0.2, 0) is 13.1 Å². The van der Waals surface area contributed by atoms with E-state index in [1.54, 1.807) is 0 Å². The topological polar surface area (TPSA) is 12.0 Å². The van der Waals surface area contributed by atoms with Crippen LogP contribution < -0.4 is 5.32 Å². The average Bonchev–Trinajstić information content (AvgIpc) is 2.34. The Hall–Kier alpha value is -1.74. The number of benzene rings is 2. The highest BCUT2D eigenvalue weighted by atomic mass is 19.1. The van der Waals surface area contributed by atoms with Gasteiger partial charge >= 0.3 is 0 Å². The molecule has 0 unspecified atom stereocenters. The van der Waals surface area contributed by atoms with Crippen LogP contribution in [0.15, 0.2) is 30.3 Å². The van der Waals surface area contributed by atoms with Gasteiger partial charge in [-0.1, -0.05) is 23.8 Å². The first-order valence-corrected chi connectivity index (χ1v) is 6.68. The third-order valence-electron chi connectivity index (χ3n) is 3.47. The predicted molar refractivity (Wildman–Crippen MR) is 77.6 cm³/mol. The van der Waals surface area contributed by atoms with Crippen LogP contribution in [0.4, 0.5) is 8.78 Å². The SMILES string of the molecule is Cc1cc(C)c(CNCc2ccc(F)cc2F)c(C)c1. The molecule has 2 rings (SSSR count). The summed E-state index contributed by atoms with van der Waals surface area (Å²) in [4.78, 5) is 0. The van der Waals surface area contributed by atoms with Crippen molar-refractivity contribution < 1.29 is 8.78 Å². The lowest BCUT2D eigenvalue weighted by atomic mass is 10.00. The van der Waals surface area contributed by atoms with E-state index in [9.17, 15) is 8.78 Å². The highest BCUT2D eigenvalue weighted by molar-refractivity contribution is 5.37. The smallest absolute Gasteiger partial charge is 0.130 e. The van der Waals surface area contributed by atoms with Crippen molar-refractivity contribution in [1.82, 2.24) is 5.32 Å². The Kier molecular flexibility index (Phi) is 4.50. The second-order valence-corrected chi connectivity index (χ2v) is 5.22. The normalized spacial score (nSPS) is 10.8. The maximum Gasteiger partial charge on any atom is 0.130 e. The first kappa shape index (κ1) is 14.7. The summed E-state index contributed by atoms with van der Waals surface area (Å²) in [5.41, 5.74) is 5.42. The molecule has 20 heavy (non-hydrogen) atoms. The van der Waals surface area contributed by atoms with Gasteiger partial charge in [-0.2, -0.15) is 0 Å². The van der Waals surface area contributed by atoms with Crippen molar-refractivity contribution in [3.05, 3.63) is 69.8 Å². The first-order chi connectivity index (χ1) is 9.47. The number of aryl methyl sites for hydroxylation is 3. The number of nitrogens with one attached hydrogen (secondary N) is 1. The van der Waals surface area contributed by atoms with Crippen LogP contribution in [0.5, 0.6) is 0 Å².